The van der Waals surface area contributed by atoms with Crippen molar-refractivity contribution in [3.8, 4) is 0 Å². The Labute approximate surface area is 59.1 Å². The van der Waals surface area contributed by atoms with Gasteiger partial charge >= 0.3 is 0 Å². The van der Waals surface area contributed by atoms with Gasteiger partial charge in [-0.25, -0.2) is 0 Å². The van der Waals surface area contributed by atoms with Crippen molar-refractivity contribution < 1.29 is 4.42 Å². The minimum atomic E-state index is 0.435. The molecule has 1 aromatic rings. The maximum atomic E-state index is 4.83. The highest BCUT2D eigenvalue weighted by Gasteiger charge is 1.83. The van der Waals surface area contributed by atoms with Gasteiger partial charge < -0.3 is 9.40 Å². The Balaban J connectivity index is 3.30. The molecule has 0 aliphatic carbocycles. The molecule has 0 atom stereocenters. The molecule has 0 unspecified atom stereocenters. The first-order valence-electron chi connectivity index (χ1n) is 1.63. The summed E-state index contributed by atoms with van der Waals surface area (Å²) in [6, 6.07) is 0. The van der Waals surface area contributed by atoms with Crippen LogP contribution in [0.3, 0.4) is 0 Å². The van der Waals surface area contributed by atoms with Crippen molar-refractivity contribution in [3.63, 3.8) is 0 Å². The molecule has 0 fully saturated rings. The summed E-state index contributed by atoms with van der Waals surface area (Å²) in [5.41, 5.74) is 0. The Morgan fingerprint density at radius 2 is 2.57 bits per heavy atom. The Kier molecular flexibility index (Phi) is 1.48. The van der Waals surface area contributed by atoms with Gasteiger partial charge in [0.15, 0.2) is 3.77 Å². The van der Waals surface area contributed by atoms with Crippen molar-refractivity contribution in [1.29, 1.82) is 0 Å². The first kappa shape index (κ1) is 5.30. The summed E-state index contributed by atoms with van der Waals surface area (Å²) in [6.07, 6.45) is 1.71. The summed E-state index contributed by atoms with van der Waals surface area (Å²) >= 11 is 6.64. The third-order valence-corrected chi connectivity index (χ3v) is 1.23. The van der Waals surface area contributed by atoms with Crippen molar-refractivity contribution in [2.24, 2.45) is 0 Å². The molecule has 2 nitrogen and oxygen atoms in total. The van der Waals surface area contributed by atoms with Crippen LogP contribution in [0.4, 0.5) is 0 Å². The van der Waals surface area contributed by atoms with E-state index < -0.39 is 0 Å². The molecule has 0 aliphatic rings. The van der Waals surface area contributed by atoms with E-state index in [9.17, 15) is 0 Å². The van der Waals surface area contributed by atoms with E-state index >= 15 is 0 Å². The van der Waals surface area contributed by atoms with Crippen molar-refractivity contribution in [2.45, 2.75) is 0 Å². The monoisotopic (exact) mass is 227 g/mol. The highest BCUT2D eigenvalue weighted by Crippen LogP contribution is 2.00. The van der Waals surface area contributed by atoms with Crippen molar-refractivity contribution in [3.05, 3.63) is 14.8 Å². The van der Waals surface area contributed by atoms with Gasteiger partial charge in [-0.15, -0.1) is 0 Å². The highest BCUT2D eigenvalue weighted by molar-refractivity contribution is 14.1. The lowest BCUT2D eigenvalue weighted by Crippen LogP contribution is -1.48. The molecule has 1 N–H and O–H groups in total. The van der Waals surface area contributed by atoms with Crippen LogP contribution in [0.2, 0.25) is 0 Å². The fraction of sp³-hybridized carbons (Fsp3) is 0. The van der Waals surface area contributed by atoms with E-state index in [4.69, 9.17) is 4.42 Å². The normalized spacial score (nSPS) is 9.29. The fourth-order valence-electron chi connectivity index (χ4n) is 0.263. The van der Waals surface area contributed by atoms with Crippen LogP contribution in [-0.4, -0.2) is 4.98 Å². The number of hydrogen-bond acceptors (Lipinski definition) is 2. The minimum Gasteiger partial charge on any atom is -0.424 e. The zero-order chi connectivity index (χ0) is 5.28. The molecule has 38 valence electrons. The van der Waals surface area contributed by atoms with Crippen LogP contribution < -0.4 is 0 Å². The van der Waals surface area contributed by atoms with E-state index in [-0.39, 0.29) is 0 Å². The summed E-state index contributed by atoms with van der Waals surface area (Å²) in [6.45, 7) is 0. The van der Waals surface area contributed by atoms with Gasteiger partial charge in [0.25, 0.3) is 4.84 Å². The van der Waals surface area contributed by atoms with Gasteiger partial charge in [0.05, 0.1) is 6.20 Å². The highest BCUT2D eigenvalue weighted by atomic mass is 127. The standard InChI is InChI=1S/C3H2INOS/c4-2-1-5-3(7)6-2/h1H,(H,5,7). The van der Waals surface area contributed by atoms with Crippen molar-refractivity contribution in [2.75, 3.05) is 0 Å². The predicted octanol–water partition coefficient (Wildman–Crippen LogP) is 1.94. The van der Waals surface area contributed by atoms with Crippen molar-refractivity contribution in [1.82, 2.24) is 4.98 Å². The maximum Gasteiger partial charge on any atom is 0.266 e. The molecule has 0 aliphatic heterocycles. The number of H-pyrrole nitrogens is 1. The van der Waals surface area contributed by atoms with Crippen LogP contribution in [0.15, 0.2) is 10.6 Å². The van der Waals surface area contributed by atoms with Crippen molar-refractivity contribution >= 4 is 34.8 Å². The Hall–Kier alpha value is 0.160. The SMILES string of the molecule is S=c1[nH]cc(I)o1. The summed E-state index contributed by atoms with van der Waals surface area (Å²) in [7, 11) is 0. The molecular formula is C3H2INOS. The molecule has 0 spiro atoms. The van der Waals surface area contributed by atoms with E-state index in [1.54, 1.807) is 6.20 Å². The second-order valence-corrected chi connectivity index (χ2v) is 2.42. The molecule has 1 rings (SSSR count). The smallest absolute Gasteiger partial charge is 0.266 e. The Bertz CT molecular complexity index is 203. The Morgan fingerprint density at radius 1 is 1.86 bits per heavy atom. The molecule has 0 saturated carbocycles. The van der Waals surface area contributed by atoms with Crippen LogP contribution in [0.5, 0.6) is 0 Å². The van der Waals surface area contributed by atoms with Crippen LogP contribution in [-0.2, 0) is 0 Å². The number of rotatable bonds is 0. The number of hydrogen-bond donors (Lipinski definition) is 1. The van der Waals surface area contributed by atoms with Gasteiger partial charge in [0.1, 0.15) is 0 Å². The van der Waals surface area contributed by atoms with Gasteiger partial charge in [-0.3, -0.25) is 0 Å². The summed E-state index contributed by atoms with van der Waals surface area (Å²) in [4.78, 5) is 3.14. The molecule has 0 bridgehead atoms. The molecule has 1 heterocycles. The van der Waals surface area contributed by atoms with Crippen LogP contribution in [0, 0.1) is 8.60 Å². The third-order valence-electron chi connectivity index (χ3n) is 0.494. The predicted molar refractivity (Wildman–Crippen MR) is 36.6 cm³/mol. The number of oxazole rings is 1. The average molecular weight is 227 g/mol. The molecule has 7 heavy (non-hydrogen) atoms. The number of halogens is 1. The maximum absolute atomic E-state index is 4.83. The lowest BCUT2D eigenvalue weighted by atomic mass is 11.0. The van der Waals surface area contributed by atoms with Gasteiger partial charge in [0, 0.05) is 22.6 Å². The first-order valence-corrected chi connectivity index (χ1v) is 3.12. The zero-order valence-corrected chi connectivity index (χ0v) is 6.25. The second-order valence-electron chi connectivity index (χ2n) is 0.982. The quantitative estimate of drug-likeness (QED) is 0.542. The minimum absolute atomic E-state index is 0.435. The van der Waals surface area contributed by atoms with E-state index in [2.05, 4.69) is 17.2 Å². The molecule has 0 radical (unpaired) electrons. The van der Waals surface area contributed by atoms with Gasteiger partial charge in [-0.1, -0.05) is 0 Å². The molecule has 0 amide bonds. The van der Waals surface area contributed by atoms with Gasteiger partial charge in [0.2, 0.25) is 0 Å². The van der Waals surface area contributed by atoms with E-state index in [1.807, 2.05) is 22.6 Å². The molecule has 4 heteroatoms. The Morgan fingerprint density at radius 3 is 2.71 bits per heavy atom. The van der Waals surface area contributed by atoms with Crippen LogP contribution in [0.1, 0.15) is 0 Å². The lowest BCUT2D eigenvalue weighted by Gasteiger charge is -1.64. The number of aromatic amines is 1. The van der Waals surface area contributed by atoms with Gasteiger partial charge in [-0.05, 0) is 12.2 Å². The van der Waals surface area contributed by atoms with Crippen LogP contribution in [0.25, 0.3) is 0 Å². The van der Waals surface area contributed by atoms with E-state index in [0.29, 0.717) is 4.84 Å². The number of aromatic nitrogens is 1. The molecule has 0 aromatic carbocycles. The average Bonchev–Trinajstić information content (AvgIpc) is 1.87. The lowest BCUT2D eigenvalue weighted by molar-refractivity contribution is 0.514. The second kappa shape index (κ2) is 1.95. The first-order chi connectivity index (χ1) is 3.29. The largest absolute Gasteiger partial charge is 0.424 e. The van der Waals surface area contributed by atoms with Crippen LogP contribution >= 0.6 is 34.8 Å². The topological polar surface area (TPSA) is 28.9 Å². The molecule has 1 aromatic heterocycles. The van der Waals surface area contributed by atoms with E-state index in [1.165, 1.54) is 0 Å². The van der Waals surface area contributed by atoms with E-state index in [0.717, 1.165) is 3.77 Å². The summed E-state index contributed by atoms with van der Waals surface area (Å²) in [5, 5.41) is 0. The molecule has 0 saturated heterocycles. The van der Waals surface area contributed by atoms with Gasteiger partial charge in [-0.2, -0.15) is 0 Å². The fourth-order valence-corrected chi connectivity index (χ4v) is 0.937. The summed E-state index contributed by atoms with van der Waals surface area (Å²) in [5.74, 6) is 0. The summed E-state index contributed by atoms with van der Waals surface area (Å²) < 4.78 is 5.62. The third kappa shape index (κ3) is 1.27. The zero-order valence-electron chi connectivity index (χ0n) is 3.27. The number of nitrogens with one attached hydrogen (secondary N) is 1. The molecular weight excluding hydrogens is 225 g/mol.